The van der Waals surface area contributed by atoms with E-state index >= 15 is 0 Å². The highest BCUT2D eigenvalue weighted by Crippen LogP contribution is 2.00. The third-order valence-electron chi connectivity index (χ3n) is 1.94. The van der Waals surface area contributed by atoms with Crippen LogP contribution in [0.5, 0.6) is 0 Å². The van der Waals surface area contributed by atoms with Crippen LogP contribution >= 0.6 is 11.8 Å². The number of nitrogens with one attached hydrogen (secondary N) is 1. The summed E-state index contributed by atoms with van der Waals surface area (Å²) in [7, 11) is 1.64. The average Bonchev–Trinajstić information content (AvgIpc) is 2.20. The molecule has 15 heavy (non-hydrogen) atoms. The second-order valence-corrected chi connectivity index (χ2v) is 4.77. The lowest BCUT2D eigenvalue weighted by Gasteiger charge is -2.14. The Balaban J connectivity index is 3.41. The van der Waals surface area contributed by atoms with Gasteiger partial charge < -0.3 is 15.2 Å². The van der Waals surface area contributed by atoms with Gasteiger partial charge in [0, 0.05) is 19.4 Å². The van der Waals surface area contributed by atoms with Crippen LogP contribution in [0.25, 0.3) is 0 Å². The minimum Gasteiger partial charge on any atom is -0.391 e. The maximum Gasteiger partial charge on any atom is 0.230 e. The molecule has 4 nitrogen and oxygen atoms in total. The topological polar surface area (TPSA) is 58.6 Å². The first-order valence-electron chi connectivity index (χ1n) is 5.09. The van der Waals surface area contributed by atoms with E-state index in [9.17, 15) is 9.90 Å². The van der Waals surface area contributed by atoms with Crippen molar-refractivity contribution < 1.29 is 14.6 Å². The van der Waals surface area contributed by atoms with Crippen LogP contribution in [0.2, 0.25) is 0 Å². The number of thioether (sulfide) groups is 1. The lowest BCUT2D eigenvalue weighted by Crippen LogP contribution is -2.35. The predicted molar refractivity (Wildman–Crippen MR) is 63.1 cm³/mol. The zero-order valence-electron chi connectivity index (χ0n) is 9.66. The first-order chi connectivity index (χ1) is 7.07. The van der Waals surface area contributed by atoms with Gasteiger partial charge in [-0.05, 0) is 5.92 Å². The van der Waals surface area contributed by atoms with E-state index in [2.05, 4.69) is 5.32 Å². The molecule has 0 aromatic carbocycles. The van der Waals surface area contributed by atoms with E-state index in [1.54, 1.807) is 7.11 Å². The highest BCUT2D eigenvalue weighted by atomic mass is 32.2. The number of carbonyl (C=O) groups excluding carboxylic acids is 1. The molecule has 90 valence electrons. The van der Waals surface area contributed by atoms with E-state index in [1.165, 1.54) is 11.8 Å². The molecule has 0 aliphatic rings. The molecular weight excluding hydrogens is 214 g/mol. The van der Waals surface area contributed by atoms with Crippen LogP contribution in [-0.2, 0) is 9.53 Å². The lowest BCUT2D eigenvalue weighted by atomic mass is 10.1. The summed E-state index contributed by atoms with van der Waals surface area (Å²) in [5.74, 6) is 1.38. The number of hydrogen-bond donors (Lipinski definition) is 2. The summed E-state index contributed by atoms with van der Waals surface area (Å²) in [4.78, 5) is 11.2. The van der Waals surface area contributed by atoms with Gasteiger partial charge in [0.1, 0.15) is 0 Å². The molecule has 0 bridgehead atoms. The minimum absolute atomic E-state index is 0.0317. The van der Waals surface area contributed by atoms with Gasteiger partial charge in [0.25, 0.3) is 0 Å². The first-order valence-corrected chi connectivity index (χ1v) is 6.24. The molecule has 0 aliphatic carbocycles. The molecular formula is C10H21NO3S. The van der Waals surface area contributed by atoms with Crippen molar-refractivity contribution in [3.8, 4) is 0 Å². The molecule has 0 heterocycles. The Morgan fingerprint density at radius 1 is 1.53 bits per heavy atom. The molecule has 1 unspecified atom stereocenters. The van der Waals surface area contributed by atoms with Gasteiger partial charge in [-0.25, -0.2) is 0 Å². The number of amides is 1. The summed E-state index contributed by atoms with van der Waals surface area (Å²) in [6, 6.07) is 0. The maximum absolute atomic E-state index is 11.2. The van der Waals surface area contributed by atoms with Gasteiger partial charge in [0.2, 0.25) is 5.91 Å². The highest BCUT2D eigenvalue weighted by Gasteiger charge is 2.10. The number of rotatable bonds is 8. The minimum atomic E-state index is -0.460. The Bertz CT molecular complexity index is 176. The van der Waals surface area contributed by atoms with Crippen molar-refractivity contribution in [2.75, 3.05) is 31.8 Å². The van der Waals surface area contributed by atoms with E-state index in [1.807, 2.05) is 13.8 Å². The molecule has 0 aromatic rings. The van der Waals surface area contributed by atoms with Crippen molar-refractivity contribution >= 4 is 17.7 Å². The van der Waals surface area contributed by atoms with E-state index in [0.29, 0.717) is 18.9 Å². The molecule has 1 amide bonds. The van der Waals surface area contributed by atoms with Gasteiger partial charge in [-0.1, -0.05) is 13.8 Å². The second-order valence-electron chi connectivity index (χ2n) is 3.66. The van der Waals surface area contributed by atoms with Gasteiger partial charge in [0.05, 0.1) is 18.5 Å². The van der Waals surface area contributed by atoms with Crippen LogP contribution in [0.15, 0.2) is 0 Å². The van der Waals surface area contributed by atoms with Crippen molar-refractivity contribution in [1.82, 2.24) is 5.32 Å². The van der Waals surface area contributed by atoms with Crippen molar-refractivity contribution in [2.45, 2.75) is 20.0 Å². The predicted octanol–water partition coefficient (Wildman–Crippen LogP) is 0.499. The zero-order chi connectivity index (χ0) is 11.7. The number of ether oxygens (including phenoxy) is 1. The van der Waals surface area contributed by atoms with Gasteiger partial charge in [-0.2, -0.15) is 0 Å². The monoisotopic (exact) mass is 235 g/mol. The molecule has 0 spiro atoms. The zero-order valence-corrected chi connectivity index (χ0v) is 10.5. The summed E-state index contributed by atoms with van der Waals surface area (Å²) in [5, 5.41) is 12.1. The van der Waals surface area contributed by atoms with E-state index in [0.717, 1.165) is 5.75 Å². The van der Waals surface area contributed by atoms with Crippen LogP contribution in [0.3, 0.4) is 0 Å². The molecule has 0 radical (unpaired) electrons. The van der Waals surface area contributed by atoms with Crippen molar-refractivity contribution in [1.29, 1.82) is 0 Å². The molecule has 0 aromatic heterocycles. The summed E-state index contributed by atoms with van der Waals surface area (Å²) in [6.45, 7) is 4.84. The number of methoxy groups -OCH3 is 1. The van der Waals surface area contributed by atoms with Gasteiger partial charge in [0.15, 0.2) is 0 Å². The van der Waals surface area contributed by atoms with E-state index in [4.69, 9.17) is 4.74 Å². The third kappa shape index (κ3) is 8.72. The largest absolute Gasteiger partial charge is 0.391 e. The fourth-order valence-electron chi connectivity index (χ4n) is 0.812. The number of hydrogen-bond acceptors (Lipinski definition) is 4. The molecule has 0 aliphatic heterocycles. The summed E-state index contributed by atoms with van der Waals surface area (Å²) in [5.41, 5.74) is 0. The third-order valence-corrected chi connectivity index (χ3v) is 2.86. The molecule has 0 saturated heterocycles. The van der Waals surface area contributed by atoms with Crippen LogP contribution in [0, 0.1) is 5.92 Å². The van der Waals surface area contributed by atoms with Crippen LogP contribution in [0.1, 0.15) is 13.8 Å². The summed E-state index contributed by atoms with van der Waals surface area (Å²) in [6.07, 6.45) is -0.460. The quantitative estimate of drug-likeness (QED) is 0.602. The molecule has 2 N–H and O–H groups in total. The fraction of sp³-hybridized carbons (Fsp3) is 0.900. The van der Waals surface area contributed by atoms with Crippen molar-refractivity contribution in [3.05, 3.63) is 0 Å². The van der Waals surface area contributed by atoms with Crippen LogP contribution < -0.4 is 5.32 Å². The SMILES string of the molecule is COCCSCC(=O)NCC(O)C(C)C. The highest BCUT2D eigenvalue weighted by molar-refractivity contribution is 7.99. The van der Waals surface area contributed by atoms with Gasteiger partial charge >= 0.3 is 0 Å². The number of aliphatic hydroxyl groups excluding tert-OH is 1. The smallest absolute Gasteiger partial charge is 0.230 e. The van der Waals surface area contributed by atoms with E-state index in [-0.39, 0.29) is 11.8 Å². The summed E-state index contributed by atoms with van der Waals surface area (Å²) >= 11 is 1.53. The molecule has 0 saturated carbocycles. The van der Waals surface area contributed by atoms with Crippen molar-refractivity contribution in [3.63, 3.8) is 0 Å². The Labute approximate surface area is 95.8 Å². The van der Waals surface area contributed by atoms with E-state index < -0.39 is 6.10 Å². The number of aliphatic hydroxyl groups is 1. The molecule has 1 atom stereocenters. The second kappa shape index (κ2) is 9.00. The van der Waals surface area contributed by atoms with Crippen molar-refractivity contribution in [2.24, 2.45) is 5.92 Å². The summed E-state index contributed by atoms with van der Waals surface area (Å²) < 4.78 is 4.86. The fourth-order valence-corrected chi connectivity index (χ4v) is 1.53. The average molecular weight is 235 g/mol. The van der Waals surface area contributed by atoms with Crippen LogP contribution in [-0.4, -0.2) is 48.9 Å². The lowest BCUT2D eigenvalue weighted by molar-refractivity contribution is -0.119. The first kappa shape index (κ1) is 14.7. The number of carbonyl (C=O) groups is 1. The Morgan fingerprint density at radius 2 is 2.20 bits per heavy atom. The van der Waals surface area contributed by atoms with Gasteiger partial charge in [-0.15, -0.1) is 11.8 Å². The molecule has 0 rings (SSSR count). The van der Waals surface area contributed by atoms with Crippen LogP contribution in [0.4, 0.5) is 0 Å². The molecule has 5 heteroatoms. The normalized spacial score (nSPS) is 12.9. The maximum atomic E-state index is 11.2. The van der Waals surface area contributed by atoms with Gasteiger partial charge in [-0.3, -0.25) is 4.79 Å². The standard InChI is InChI=1S/C10H21NO3S/c1-8(2)9(12)6-11-10(13)7-15-5-4-14-3/h8-9,12H,4-7H2,1-3H3,(H,11,13). The Hall–Kier alpha value is -0.260. The Kier molecular flexibility index (Phi) is 8.85. The Morgan fingerprint density at radius 3 is 2.73 bits per heavy atom. The molecule has 0 fully saturated rings.